The number of nitrogens with one attached hydrogen (secondary N) is 1. The van der Waals surface area contributed by atoms with Crippen LogP contribution in [0.3, 0.4) is 0 Å². The Kier molecular flexibility index (Phi) is 5.41. The van der Waals surface area contributed by atoms with Crippen molar-refractivity contribution < 1.29 is 13.7 Å². The van der Waals surface area contributed by atoms with Gasteiger partial charge in [0, 0.05) is 24.8 Å². The van der Waals surface area contributed by atoms with E-state index in [1.54, 1.807) is 18.3 Å². The van der Waals surface area contributed by atoms with Gasteiger partial charge in [-0.15, -0.1) is 0 Å². The minimum absolute atomic E-state index is 0.138. The first kappa shape index (κ1) is 18.2. The van der Waals surface area contributed by atoms with Gasteiger partial charge in [0.25, 0.3) is 0 Å². The monoisotopic (exact) mass is 372 g/mol. The highest BCUT2D eigenvalue weighted by atomic mass is 32.2. The summed E-state index contributed by atoms with van der Waals surface area (Å²) < 4.78 is 18.3. The zero-order valence-corrected chi connectivity index (χ0v) is 15.7. The molecule has 0 saturated heterocycles. The Morgan fingerprint density at radius 3 is 2.85 bits per heavy atom. The van der Waals surface area contributed by atoms with Crippen LogP contribution in [0.15, 0.2) is 29.6 Å². The Morgan fingerprint density at radius 2 is 2.12 bits per heavy atom. The zero-order chi connectivity index (χ0) is 18.7. The quantitative estimate of drug-likeness (QED) is 0.640. The van der Waals surface area contributed by atoms with E-state index in [1.165, 1.54) is 6.92 Å². The van der Waals surface area contributed by atoms with Gasteiger partial charge in [-0.3, -0.25) is 14.0 Å². The largest absolute Gasteiger partial charge is 0.493 e. The number of hydrogen-bond donors (Lipinski definition) is 1. The predicted molar refractivity (Wildman–Crippen MR) is 98.8 cm³/mol. The van der Waals surface area contributed by atoms with Crippen molar-refractivity contribution in [2.45, 2.75) is 38.1 Å². The lowest BCUT2D eigenvalue weighted by atomic mass is 10.2. The Labute approximate surface area is 153 Å². The van der Waals surface area contributed by atoms with Gasteiger partial charge in [0.2, 0.25) is 0 Å². The van der Waals surface area contributed by atoms with E-state index in [0.717, 1.165) is 17.7 Å². The first-order chi connectivity index (χ1) is 12.5. The van der Waals surface area contributed by atoms with Gasteiger partial charge in [-0.2, -0.15) is 0 Å². The summed E-state index contributed by atoms with van der Waals surface area (Å²) in [5, 5.41) is 0.312. The maximum atomic E-state index is 12.7. The van der Waals surface area contributed by atoms with E-state index in [1.807, 2.05) is 19.9 Å². The summed E-state index contributed by atoms with van der Waals surface area (Å²) in [6.07, 6.45) is 2.63. The standard InChI is InChI=1S/C18H20N4O3S/c1-4-7-25-16-8-13(19-9-11(16)2)10-26(24)18-21-15-6-5-14(12(3)23)20-17(15)22-18/h5-6,8-9H,4,7,10H2,1-3H3,(H,20,21,22). The number of ketones is 1. The molecule has 0 amide bonds. The third-order valence-corrected chi connectivity index (χ3v) is 4.93. The second-order valence-corrected chi connectivity index (χ2v) is 7.31. The summed E-state index contributed by atoms with van der Waals surface area (Å²) in [5.74, 6) is 0.828. The maximum Gasteiger partial charge on any atom is 0.199 e. The van der Waals surface area contributed by atoms with Crippen LogP contribution in [-0.2, 0) is 16.6 Å². The fourth-order valence-electron chi connectivity index (χ4n) is 2.37. The highest BCUT2D eigenvalue weighted by molar-refractivity contribution is 7.84. The number of aromatic nitrogens is 4. The summed E-state index contributed by atoms with van der Waals surface area (Å²) in [4.78, 5) is 27.2. The molecule has 0 radical (unpaired) electrons. The van der Waals surface area contributed by atoms with E-state index in [0.29, 0.717) is 34.3 Å². The van der Waals surface area contributed by atoms with Crippen LogP contribution in [0.2, 0.25) is 0 Å². The number of carbonyl (C=O) groups excluding carboxylic acids is 1. The number of rotatable bonds is 7. The number of imidazole rings is 1. The first-order valence-electron chi connectivity index (χ1n) is 8.32. The number of hydrogen-bond acceptors (Lipinski definition) is 6. The fourth-order valence-corrected chi connectivity index (χ4v) is 3.34. The predicted octanol–water partition coefficient (Wildman–Crippen LogP) is 2.96. The third-order valence-electron chi connectivity index (χ3n) is 3.75. The van der Waals surface area contributed by atoms with Crippen LogP contribution < -0.4 is 4.74 Å². The van der Waals surface area contributed by atoms with E-state index in [9.17, 15) is 9.00 Å². The zero-order valence-electron chi connectivity index (χ0n) is 14.9. The topological polar surface area (TPSA) is 97.8 Å². The fraction of sp³-hybridized carbons (Fsp3) is 0.333. The van der Waals surface area contributed by atoms with Gasteiger partial charge in [0.1, 0.15) is 11.4 Å². The van der Waals surface area contributed by atoms with Crippen molar-refractivity contribution in [2.24, 2.45) is 0 Å². The molecule has 3 aromatic rings. The van der Waals surface area contributed by atoms with Crippen LogP contribution in [0.25, 0.3) is 11.2 Å². The second-order valence-electron chi connectivity index (χ2n) is 5.95. The van der Waals surface area contributed by atoms with Gasteiger partial charge >= 0.3 is 0 Å². The van der Waals surface area contributed by atoms with Crippen molar-refractivity contribution in [2.75, 3.05) is 6.61 Å². The molecule has 3 heterocycles. The lowest BCUT2D eigenvalue weighted by Crippen LogP contribution is -2.03. The first-order valence-corrected chi connectivity index (χ1v) is 9.64. The third kappa shape index (κ3) is 3.96. The molecule has 7 nitrogen and oxygen atoms in total. The summed E-state index contributed by atoms with van der Waals surface area (Å²) in [6, 6.07) is 5.15. The number of aryl methyl sites for hydroxylation is 1. The van der Waals surface area contributed by atoms with Crippen molar-refractivity contribution in [3.05, 3.63) is 41.3 Å². The highest BCUT2D eigenvalue weighted by Gasteiger charge is 2.14. The average Bonchev–Trinajstić information content (AvgIpc) is 3.05. The molecular weight excluding hydrogens is 352 g/mol. The number of H-pyrrole nitrogens is 1. The summed E-state index contributed by atoms with van der Waals surface area (Å²) in [6.45, 7) is 6.04. The molecule has 0 spiro atoms. The minimum atomic E-state index is -1.41. The molecule has 136 valence electrons. The van der Waals surface area contributed by atoms with Crippen LogP contribution in [0, 0.1) is 6.92 Å². The molecule has 26 heavy (non-hydrogen) atoms. The molecule has 3 rings (SSSR count). The number of carbonyl (C=O) groups is 1. The van der Waals surface area contributed by atoms with Gasteiger partial charge in [-0.05, 0) is 25.5 Å². The van der Waals surface area contributed by atoms with Gasteiger partial charge in [-0.25, -0.2) is 9.97 Å². The van der Waals surface area contributed by atoms with E-state index in [4.69, 9.17) is 4.74 Å². The van der Waals surface area contributed by atoms with Crippen molar-refractivity contribution >= 4 is 27.7 Å². The van der Waals surface area contributed by atoms with E-state index < -0.39 is 10.8 Å². The lowest BCUT2D eigenvalue weighted by molar-refractivity contribution is 0.101. The Hall–Kier alpha value is -2.61. The number of Topliss-reactive ketones (excluding diaryl/α,β-unsaturated/α-hetero) is 1. The second kappa shape index (κ2) is 7.74. The van der Waals surface area contributed by atoms with E-state index in [2.05, 4.69) is 19.9 Å². The smallest absolute Gasteiger partial charge is 0.199 e. The normalized spacial score (nSPS) is 12.3. The van der Waals surface area contributed by atoms with Crippen LogP contribution >= 0.6 is 0 Å². The summed E-state index contributed by atoms with van der Waals surface area (Å²) >= 11 is 0. The van der Waals surface area contributed by atoms with Crippen LogP contribution in [0.4, 0.5) is 0 Å². The molecular formula is C18H20N4O3S. The number of nitrogens with zero attached hydrogens (tertiary/aromatic N) is 3. The molecule has 0 saturated carbocycles. The number of pyridine rings is 2. The van der Waals surface area contributed by atoms with Gasteiger partial charge in [0.05, 0.1) is 34.4 Å². The van der Waals surface area contributed by atoms with Crippen LogP contribution in [-0.4, -0.2) is 36.5 Å². The molecule has 1 atom stereocenters. The van der Waals surface area contributed by atoms with Crippen molar-refractivity contribution in [1.82, 2.24) is 19.9 Å². The SMILES string of the molecule is CCCOc1cc(CS(=O)c2nc3nc(C(C)=O)ccc3[nH]2)ncc1C. The van der Waals surface area contributed by atoms with Gasteiger partial charge in [-0.1, -0.05) is 6.92 Å². The number of ether oxygens (including phenoxy) is 1. The molecule has 0 aliphatic rings. The highest BCUT2D eigenvalue weighted by Crippen LogP contribution is 2.20. The molecule has 0 fully saturated rings. The molecule has 0 aliphatic heterocycles. The minimum Gasteiger partial charge on any atom is -0.493 e. The Morgan fingerprint density at radius 1 is 1.31 bits per heavy atom. The van der Waals surface area contributed by atoms with Crippen LogP contribution in [0.5, 0.6) is 5.75 Å². The van der Waals surface area contributed by atoms with E-state index in [-0.39, 0.29) is 11.5 Å². The molecule has 1 N–H and O–H groups in total. The lowest BCUT2D eigenvalue weighted by Gasteiger charge is -2.09. The van der Waals surface area contributed by atoms with E-state index >= 15 is 0 Å². The number of fused-ring (bicyclic) bond motifs is 1. The molecule has 1 unspecified atom stereocenters. The maximum absolute atomic E-state index is 12.7. The van der Waals surface area contributed by atoms with Gasteiger partial charge < -0.3 is 9.72 Å². The summed E-state index contributed by atoms with van der Waals surface area (Å²) in [7, 11) is -1.41. The molecule has 0 aromatic carbocycles. The van der Waals surface area contributed by atoms with Crippen LogP contribution in [0.1, 0.15) is 42.0 Å². The Balaban J connectivity index is 1.81. The summed E-state index contributed by atoms with van der Waals surface area (Å²) in [5.41, 5.74) is 2.96. The number of aromatic amines is 1. The van der Waals surface area contributed by atoms with Crippen molar-refractivity contribution in [1.29, 1.82) is 0 Å². The van der Waals surface area contributed by atoms with Gasteiger partial charge in [0.15, 0.2) is 16.6 Å². The molecule has 8 heteroatoms. The average molecular weight is 372 g/mol. The molecule has 0 aliphatic carbocycles. The molecule has 3 aromatic heterocycles. The van der Waals surface area contributed by atoms with Crippen molar-refractivity contribution in [3.8, 4) is 5.75 Å². The molecule has 0 bridgehead atoms. The Bertz CT molecular complexity index is 984. The van der Waals surface area contributed by atoms with Crippen molar-refractivity contribution in [3.63, 3.8) is 0 Å².